The summed E-state index contributed by atoms with van der Waals surface area (Å²) >= 11 is 0. The SMILES string of the molecule is C[C@H](C#Cc1ccccc1)OS(C)(=O)=O. The second kappa shape index (κ2) is 4.96. The van der Waals surface area contributed by atoms with Gasteiger partial charge in [0.15, 0.2) is 0 Å². The molecule has 0 aliphatic rings. The minimum atomic E-state index is -3.43. The molecule has 0 N–H and O–H groups in total. The number of rotatable bonds is 2. The van der Waals surface area contributed by atoms with E-state index in [9.17, 15) is 8.42 Å². The number of hydrogen-bond acceptors (Lipinski definition) is 3. The van der Waals surface area contributed by atoms with E-state index in [1.165, 1.54) is 0 Å². The summed E-state index contributed by atoms with van der Waals surface area (Å²) in [5.74, 6) is 5.53. The molecule has 1 rings (SSSR count). The van der Waals surface area contributed by atoms with Crippen LogP contribution in [0, 0.1) is 11.8 Å². The first-order valence-electron chi connectivity index (χ1n) is 4.42. The van der Waals surface area contributed by atoms with E-state index in [0.717, 1.165) is 11.8 Å². The predicted molar refractivity (Wildman–Crippen MR) is 58.7 cm³/mol. The molecule has 0 saturated carbocycles. The zero-order valence-electron chi connectivity index (χ0n) is 8.60. The van der Waals surface area contributed by atoms with Gasteiger partial charge in [-0.1, -0.05) is 30.0 Å². The quantitative estimate of drug-likeness (QED) is 0.563. The highest BCUT2D eigenvalue weighted by atomic mass is 32.2. The lowest BCUT2D eigenvalue weighted by Crippen LogP contribution is -2.11. The summed E-state index contributed by atoms with van der Waals surface area (Å²) in [7, 11) is -3.43. The fourth-order valence-corrected chi connectivity index (χ4v) is 1.57. The molecule has 0 aliphatic carbocycles. The Morgan fingerprint density at radius 1 is 1.27 bits per heavy atom. The van der Waals surface area contributed by atoms with Crippen LogP contribution in [0.1, 0.15) is 12.5 Å². The monoisotopic (exact) mass is 224 g/mol. The van der Waals surface area contributed by atoms with Gasteiger partial charge in [-0.3, -0.25) is 4.18 Å². The van der Waals surface area contributed by atoms with Gasteiger partial charge < -0.3 is 0 Å². The molecule has 0 bridgehead atoms. The Balaban J connectivity index is 2.67. The van der Waals surface area contributed by atoms with Gasteiger partial charge in [0, 0.05) is 5.56 Å². The van der Waals surface area contributed by atoms with Crippen molar-refractivity contribution < 1.29 is 12.6 Å². The molecular formula is C11H12O3S. The van der Waals surface area contributed by atoms with Crippen molar-refractivity contribution in [3.05, 3.63) is 35.9 Å². The first-order chi connectivity index (χ1) is 6.97. The van der Waals surface area contributed by atoms with Crippen molar-refractivity contribution in [2.75, 3.05) is 6.26 Å². The van der Waals surface area contributed by atoms with Crippen LogP contribution in [0.3, 0.4) is 0 Å². The predicted octanol–water partition coefficient (Wildman–Crippen LogP) is 1.40. The normalized spacial score (nSPS) is 12.7. The van der Waals surface area contributed by atoms with E-state index in [-0.39, 0.29) is 0 Å². The molecule has 0 fully saturated rings. The van der Waals surface area contributed by atoms with Crippen molar-refractivity contribution in [1.82, 2.24) is 0 Å². The van der Waals surface area contributed by atoms with Crippen LogP contribution < -0.4 is 0 Å². The average molecular weight is 224 g/mol. The Kier molecular flexibility index (Phi) is 3.89. The molecule has 0 aliphatic heterocycles. The minimum Gasteiger partial charge on any atom is -0.254 e. The number of benzene rings is 1. The molecule has 15 heavy (non-hydrogen) atoms. The summed E-state index contributed by atoms with van der Waals surface area (Å²) in [4.78, 5) is 0. The van der Waals surface area contributed by atoms with Crippen LogP contribution in [0.15, 0.2) is 30.3 Å². The molecular weight excluding hydrogens is 212 g/mol. The Labute approximate surface area is 90.2 Å². The summed E-state index contributed by atoms with van der Waals surface area (Å²) in [6.07, 6.45) is 0.383. The highest BCUT2D eigenvalue weighted by Gasteiger charge is 2.06. The summed E-state index contributed by atoms with van der Waals surface area (Å²) in [5.41, 5.74) is 0.835. The summed E-state index contributed by atoms with van der Waals surface area (Å²) in [5, 5.41) is 0. The van der Waals surface area contributed by atoms with Gasteiger partial charge >= 0.3 is 0 Å². The highest BCUT2D eigenvalue weighted by Crippen LogP contribution is 1.98. The molecule has 80 valence electrons. The standard InChI is InChI=1S/C11H12O3S/c1-10(14-15(2,12)13)8-9-11-6-4-3-5-7-11/h3-7,10H,1-2H3/t10-/m1/s1. The van der Waals surface area contributed by atoms with Crippen molar-refractivity contribution in [2.24, 2.45) is 0 Å². The second-order valence-corrected chi connectivity index (χ2v) is 4.68. The molecule has 0 unspecified atom stereocenters. The van der Waals surface area contributed by atoms with Gasteiger partial charge in [-0.25, -0.2) is 0 Å². The first-order valence-corrected chi connectivity index (χ1v) is 6.24. The molecule has 3 nitrogen and oxygen atoms in total. The fourth-order valence-electron chi connectivity index (χ4n) is 0.993. The van der Waals surface area contributed by atoms with E-state index in [1.54, 1.807) is 6.92 Å². The van der Waals surface area contributed by atoms with E-state index in [1.807, 2.05) is 30.3 Å². The Hall–Kier alpha value is -1.31. The van der Waals surface area contributed by atoms with Gasteiger partial charge in [0.25, 0.3) is 10.1 Å². The van der Waals surface area contributed by atoms with Crippen LogP contribution in [0.25, 0.3) is 0 Å². The van der Waals surface area contributed by atoms with Gasteiger partial charge in [-0.15, -0.1) is 0 Å². The molecule has 1 aromatic rings. The van der Waals surface area contributed by atoms with Crippen LogP contribution in [0.2, 0.25) is 0 Å². The third kappa shape index (κ3) is 5.21. The summed E-state index contributed by atoms with van der Waals surface area (Å²) in [6, 6.07) is 9.32. The Morgan fingerprint density at radius 2 is 1.87 bits per heavy atom. The third-order valence-corrected chi connectivity index (χ3v) is 2.15. The minimum absolute atomic E-state index is 0.625. The lowest BCUT2D eigenvalue weighted by atomic mass is 10.2. The zero-order chi connectivity index (χ0) is 11.3. The van der Waals surface area contributed by atoms with Gasteiger partial charge in [-0.05, 0) is 19.1 Å². The first kappa shape index (κ1) is 11.8. The maximum absolute atomic E-state index is 10.8. The van der Waals surface area contributed by atoms with E-state index in [4.69, 9.17) is 0 Å². The van der Waals surface area contributed by atoms with Gasteiger partial charge in [0.05, 0.1) is 6.26 Å². The summed E-state index contributed by atoms with van der Waals surface area (Å²) < 4.78 is 26.2. The van der Waals surface area contributed by atoms with Crippen LogP contribution in [0.5, 0.6) is 0 Å². The van der Waals surface area contributed by atoms with Crippen LogP contribution in [-0.2, 0) is 14.3 Å². The summed E-state index contributed by atoms with van der Waals surface area (Å²) in [6.45, 7) is 1.59. The highest BCUT2D eigenvalue weighted by molar-refractivity contribution is 7.86. The Morgan fingerprint density at radius 3 is 2.40 bits per heavy atom. The molecule has 4 heteroatoms. The molecule has 0 saturated heterocycles. The van der Waals surface area contributed by atoms with Gasteiger partial charge in [0.1, 0.15) is 6.10 Å². The lowest BCUT2D eigenvalue weighted by molar-refractivity contribution is 0.286. The van der Waals surface area contributed by atoms with Crippen molar-refractivity contribution in [1.29, 1.82) is 0 Å². The van der Waals surface area contributed by atoms with E-state index >= 15 is 0 Å². The zero-order valence-corrected chi connectivity index (χ0v) is 9.41. The third-order valence-electron chi connectivity index (χ3n) is 1.51. The largest absolute Gasteiger partial charge is 0.265 e. The molecule has 0 spiro atoms. The van der Waals surface area contributed by atoms with E-state index < -0.39 is 16.2 Å². The van der Waals surface area contributed by atoms with E-state index in [2.05, 4.69) is 16.0 Å². The molecule has 1 aromatic carbocycles. The van der Waals surface area contributed by atoms with Crippen LogP contribution >= 0.6 is 0 Å². The van der Waals surface area contributed by atoms with Gasteiger partial charge in [0.2, 0.25) is 0 Å². The fraction of sp³-hybridized carbons (Fsp3) is 0.273. The van der Waals surface area contributed by atoms with E-state index in [0.29, 0.717) is 0 Å². The lowest BCUT2D eigenvalue weighted by Gasteiger charge is -2.02. The van der Waals surface area contributed by atoms with Crippen molar-refractivity contribution >= 4 is 10.1 Å². The van der Waals surface area contributed by atoms with Crippen molar-refractivity contribution in [2.45, 2.75) is 13.0 Å². The molecule has 1 atom stereocenters. The molecule has 0 heterocycles. The molecule has 0 amide bonds. The van der Waals surface area contributed by atoms with Crippen LogP contribution in [0.4, 0.5) is 0 Å². The number of hydrogen-bond donors (Lipinski definition) is 0. The molecule has 0 aromatic heterocycles. The van der Waals surface area contributed by atoms with Crippen molar-refractivity contribution in [3.8, 4) is 11.8 Å². The maximum Gasteiger partial charge on any atom is 0.265 e. The maximum atomic E-state index is 10.8. The second-order valence-electron chi connectivity index (χ2n) is 3.08. The van der Waals surface area contributed by atoms with Crippen LogP contribution in [-0.4, -0.2) is 20.8 Å². The molecule has 0 radical (unpaired) electrons. The van der Waals surface area contributed by atoms with Gasteiger partial charge in [-0.2, -0.15) is 8.42 Å². The topological polar surface area (TPSA) is 43.4 Å². The smallest absolute Gasteiger partial charge is 0.254 e. The average Bonchev–Trinajstić information content (AvgIpc) is 2.14. The Bertz CT molecular complexity index is 466. The van der Waals surface area contributed by atoms with Crippen molar-refractivity contribution in [3.63, 3.8) is 0 Å².